The van der Waals surface area contributed by atoms with Gasteiger partial charge in [-0.3, -0.25) is 9.78 Å². The minimum atomic E-state index is -0.225. The van der Waals surface area contributed by atoms with Gasteiger partial charge in [0, 0.05) is 11.8 Å². The molecule has 17 heavy (non-hydrogen) atoms. The summed E-state index contributed by atoms with van der Waals surface area (Å²) in [6.45, 7) is 1.91. The molecule has 2 N–H and O–H groups in total. The maximum Gasteiger partial charge on any atom is 0.255 e. The zero-order valence-electron chi connectivity index (χ0n) is 9.34. The Labute approximate surface area is 98.9 Å². The van der Waals surface area contributed by atoms with Crippen molar-refractivity contribution in [3.63, 3.8) is 0 Å². The Balaban J connectivity index is 2.14. The molecule has 0 radical (unpaired) electrons. The highest BCUT2D eigenvalue weighted by molar-refractivity contribution is 6.04. The second-order valence-electron chi connectivity index (χ2n) is 3.75. The predicted molar refractivity (Wildman–Crippen MR) is 65.0 cm³/mol. The molecule has 4 nitrogen and oxygen atoms in total. The van der Waals surface area contributed by atoms with Crippen molar-refractivity contribution >= 4 is 11.6 Å². The van der Waals surface area contributed by atoms with Gasteiger partial charge in [0.1, 0.15) is 5.75 Å². The largest absolute Gasteiger partial charge is 0.508 e. The number of nitrogens with one attached hydrogen (secondary N) is 1. The number of pyridine rings is 1. The molecule has 0 unspecified atom stereocenters. The highest BCUT2D eigenvalue weighted by Crippen LogP contribution is 2.12. The summed E-state index contributed by atoms with van der Waals surface area (Å²) in [7, 11) is 0. The summed E-state index contributed by atoms with van der Waals surface area (Å²) in [5, 5.41) is 11.9. The molecule has 0 spiro atoms. The average molecular weight is 228 g/mol. The summed E-state index contributed by atoms with van der Waals surface area (Å²) in [5.74, 6) is -0.0869. The molecular weight excluding hydrogens is 216 g/mol. The Morgan fingerprint density at radius 1 is 1.24 bits per heavy atom. The number of carbonyl (C=O) groups excluding carboxylic acids is 1. The summed E-state index contributed by atoms with van der Waals surface area (Å²) in [4.78, 5) is 15.8. The molecule has 1 aromatic carbocycles. The molecular formula is C13H12N2O2. The molecule has 2 aromatic rings. The molecule has 0 saturated carbocycles. The predicted octanol–water partition coefficient (Wildman–Crippen LogP) is 2.35. The highest BCUT2D eigenvalue weighted by atomic mass is 16.3. The van der Waals surface area contributed by atoms with E-state index in [1.165, 1.54) is 12.1 Å². The van der Waals surface area contributed by atoms with Crippen LogP contribution in [0, 0.1) is 6.92 Å². The van der Waals surface area contributed by atoms with Gasteiger partial charge in [-0.25, -0.2) is 0 Å². The molecule has 1 amide bonds. The lowest BCUT2D eigenvalue weighted by Crippen LogP contribution is -2.11. The number of aryl methyl sites for hydroxylation is 1. The summed E-state index contributed by atoms with van der Waals surface area (Å²) in [6.07, 6.45) is 3.31. The average Bonchev–Trinajstić information content (AvgIpc) is 2.29. The van der Waals surface area contributed by atoms with Gasteiger partial charge in [-0.2, -0.15) is 0 Å². The van der Waals surface area contributed by atoms with Gasteiger partial charge >= 0.3 is 0 Å². The number of carbonyl (C=O) groups is 1. The topological polar surface area (TPSA) is 62.2 Å². The van der Waals surface area contributed by atoms with E-state index in [-0.39, 0.29) is 11.7 Å². The van der Waals surface area contributed by atoms with Crippen LogP contribution in [0.4, 0.5) is 5.69 Å². The van der Waals surface area contributed by atoms with Gasteiger partial charge in [0.15, 0.2) is 0 Å². The number of amides is 1. The lowest BCUT2D eigenvalue weighted by Gasteiger charge is -2.05. The van der Waals surface area contributed by atoms with Crippen molar-refractivity contribution in [3.05, 3.63) is 53.9 Å². The van der Waals surface area contributed by atoms with Crippen LogP contribution in [0.5, 0.6) is 5.75 Å². The standard InChI is InChI=1S/C13H12N2O2/c1-9-6-11(8-14-7-9)15-13(17)10-2-4-12(16)5-3-10/h2-8,16H,1H3,(H,15,17). The van der Waals surface area contributed by atoms with E-state index in [0.717, 1.165) is 5.56 Å². The monoisotopic (exact) mass is 228 g/mol. The van der Waals surface area contributed by atoms with Crippen molar-refractivity contribution in [2.24, 2.45) is 0 Å². The minimum absolute atomic E-state index is 0.138. The van der Waals surface area contributed by atoms with E-state index >= 15 is 0 Å². The smallest absolute Gasteiger partial charge is 0.255 e. The van der Waals surface area contributed by atoms with E-state index in [2.05, 4.69) is 10.3 Å². The first kappa shape index (κ1) is 11.1. The first-order valence-corrected chi connectivity index (χ1v) is 5.17. The van der Waals surface area contributed by atoms with E-state index < -0.39 is 0 Å². The summed E-state index contributed by atoms with van der Waals surface area (Å²) >= 11 is 0. The van der Waals surface area contributed by atoms with Crippen molar-refractivity contribution in [2.45, 2.75) is 6.92 Å². The summed E-state index contributed by atoms with van der Waals surface area (Å²) in [6, 6.07) is 7.92. The third-order valence-electron chi connectivity index (χ3n) is 2.26. The second kappa shape index (κ2) is 4.65. The maximum atomic E-state index is 11.8. The molecule has 0 fully saturated rings. The molecule has 0 saturated heterocycles. The molecule has 0 bridgehead atoms. The number of phenols is 1. The molecule has 0 aliphatic carbocycles. The van der Waals surface area contributed by atoms with E-state index in [9.17, 15) is 4.79 Å². The van der Waals surface area contributed by atoms with Crippen molar-refractivity contribution in [2.75, 3.05) is 5.32 Å². The normalized spacial score (nSPS) is 9.94. The lowest BCUT2D eigenvalue weighted by atomic mass is 10.2. The molecule has 2 rings (SSSR count). The first-order valence-electron chi connectivity index (χ1n) is 5.17. The number of aromatic hydroxyl groups is 1. The number of benzene rings is 1. The number of anilines is 1. The van der Waals surface area contributed by atoms with Crippen molar-refractivity contribution < 1.29 is 9.90 Å². The minimum Gasteiger partial charge on any atom is -0.508 e. The van der Waals surface area contributed by atoms with Gasteiger partial charge in [-0.1, -0.05) is 0 Å². The number of hydrogen-bond donors (Lipinski definition) is 2. The molecule has 1 heterocycles. The summed E-state index contributed by atoms with van der Waals surface area (Å²) in [5.41, 5.74) is 2.13. The van der Waals surface area contributed by atoms with Gasteiger partial charge in [0.05, 0.1) is 11.9 Å². The van der Waals surface area contributed by atoms with Gasteiger partial charge in [-0.15, -0.1) is 0 Å². The fraction of sp³-hybridized carbons (Fsp3) is 0.0769. The first-order chi connectivity index (χ1) is 8.15. The van der Waals surface area contributed by atoms with Crippen LogP contribution in [0.2, 0.25) is 0 Å². The van der Waals surface area contributed by atoms with Crippen molar-refractivity contribution in [3.8, 4) is 5.75 Å². The zero-order chi connectivity index (χ0) is 12.3. The molecule has 0 aliphatic heterocycles. The number of aromatic nitrogens is 1. The van der Waals surface area contributed by atoms with Crippen LogP contribution in [0.15, 0.2) is 42.7 Å². The van der Waals surface area contributed by atoms with E-state index in [1.807, 2.05) is 13.0 Å². The van der Waals surface area contributed by atoms with Gasteiger partial charge in [0.2, 0.25) is 0 Å². The van der Waals surface area contributed by atoms with Crippen LogP contribution < -0.4 is 5.32 Å². The van der Waals surface area contributed by atoms with Gasteiger partial charge in [0.25, 0.3) is 5.91 Å². The van der Waals surface area contributed by atoms with Gasteiger partial charge in [-0.05, 0) is 42.8 Å². The van der Waals surface area contributed by atoms with Crippen molar-refractivity contribution in [1.29, 1.82) is 0 Å². The van der Waals surface area contributed by atoms with E-state index in [0.29, 0.717) is 11.3 Å². The van der Waals surface area contributed by atoms with Crippen LogP contribution in [-0.2, 0) is 0 Å². The van der Waals surface area contributed by atoms with Crippen molar-refractivity contribution in [1.82, 2.24) is 4.98 Å². The number of hydrogen-bond acceptors (Lipinski definition) is 3. The maximum absolute atomic E-state index is 11.8. The van der Waals surface area contributed by atoms with E-state index in [4.69, 9.17) is 5.11 Å². The quantitative estimate of drug-likeness (QED) is 0.829. The zero-order valence-corrected chi connectivity index (χ0v) is 9.34. The van der Waals surface area contributed by atoms with Crippen LogP contribution in [0.3, 0.4) is 0 Å². The molecule has 1 aromatic heterocycles. The van der Waals surface area contributed by atoms with Crippen LogP contribution >= 0.6 is 0 Å². The molecule has 0 atom stereocenters. The van der Waals surface area contributed by atoms with Gasteiger partial charge < -0.3 is 10.4 Å². The number of nitrogens with zero attached hydrogens (tertiary/aromatic N) is 1. The molecule has 86 valence electrons. The van der Waals surface area contributed by atoms with Crippen LogP contribution in [-0.4, -0.2) is 16.0 Å². The Morgan fingerprint density at radius 3 is 2.59 bits per heavy atom. The Kier molecular flexibility index (Phi) is 3.05. The Bertz CT molecular complexity index is 535. The fourth-order valence-corrected chi connectivity index (χ4v) is 1.44. The molecule has 4 heteroatoms. The number of rotatable bonds is 2. The second-order valence-corrected chi connectivity index (χ2v) is 3.75. The summed E-state index contributed by atoms with van der Waals surface area (Å²) < 4.78 is 0. The fourth-order valence-electron chi connectivity index (χ4n) is 1.44. The van der Waals surface area contributed by atoms with E-state index in [1.54, 1.807) is 24.5 Å². The van der Waals surface area contributed by atoms with Crippen LogP contribution in [0.1, 0.15) is 15.9 Å². The third kappa shape index (κ3) is 2.81. The lowest BCUT2D eigenvalue weighted by molar-refractivity contribution is 0.102. The SMILES string of the molecule is Cc1cncc(NC(=O)c2ccc(O)cc2)c1. The Morgan fingerprint density at radius 2 is 1.94 bits per heavy atom. The molecule has 0 aliphatic rings. The Hall–Kier alpha value is -2.36. The van der Waals surface area contributed by atoms with Crippen LogP contribution in [0.25, 0.3) is 0 Å². The highest BCUT2D eigenvalue weighted by Gasteiger charge is 2.05. The number of phenolic OH excluding ortho intramolecular Hbond substituents is 1. The third-order valence-corrected chi connectivity index (χ3v) is 2.26.